The number of piperazine rings is 1. The van der Waals surface area contributed by atoms with Crippen molar-refractivity contribution < 1.29 is 4.79 Å². The summed E-state index contributed by atoms with van der Waals surface area (Å²) in [6.45, 7) is 4.73. The summed E-state index contributed by atoms with van der Waals surface area (Å²) in [5, 5.41) is 0. The molecule has 2 aliphatic rings. The molecule has 8 nitrogen and oxygen atoms in total. The van der Waals surface area contributed by atoms with Gasteiger partial charge in [0.25, 0.3) is 5.91 Å². The summed E-state index contributed by atoms with van der Waals surface area (Å²) < 4.78 is 0. The maximum absolute atomic E-state index is 12.7. The lowest BCUT2D eigenvalue weighted by Crippen LogP contribution is -2.49. The van der Waals surface area contributed by atoms with Gasteiger partial charge < -0.3 is 14.7 Å². The van der Waals surface area contributed by atoms with Crippen LogP contribution in [0.4, 0.5) is 11.9 Å². The third-order valence-electron chi connectivity index (χ3n) is 4.68. The van der Waals surface area contributed by atoms with Gasteiger partial charge in [0.15, 0.2) is 0 Å². The van der Waals surface area contributed by atoms with Crippen LogP contribution in [-0.2, 0) is 0 Å². The maximum atomic E-state index is 12.7. The average molecular weight is 339 g/mol. The third kappa shape index (κ3) is 3.38. The molecular formula is C17H21N7O. The second-order valence-electron chi connectivity index (χ2n) is 6.29. The molecule has 2 saturated heterocycles. The Morgan fingerprint density at radius 2 is 1.32 bits per heavy atom. The third-order valence-corrected chi connectivity index (χ3v) is 4.68. The van der Waals surface area contributed by atoms with Crippen molar-refractivity contribution in [2.75, 3.05) is 49.1 Å². The van der Waals surface area contributed by atoms with E-state index >= 15 is 0 Å². The zero-order chi connectivity index (χ0) is 17.1. The van der Waals surface area contributed by atoms with Gasteiger partial charge in [-0.15, -0.1) is 0 Å². The van der Waals surface area contributed by atoms with E-state index in [4.69, 9.17) is 0 Å². The van der Waals surface area contributed by atoms with Crippen molar-refractivity contribution in [3.63, 3.8) is 0 Å². The molecule has 25 heavy (non-hydrogen) atoms. The Morgan fingerprint density at radius 1 is 0.760 bits per heavy atom. The van der Waals surface area contributed by atoms with Gasteiger partial charge in [0, 0.05) is 64.1 Å². The first-order valence-corrected chi connectivity index (χ1v) is 8.69. The molecule has 0 aliphatic carbocycles. The SMILES string of the molecule is O=C(c1cnc(N2CCCC2)nc1)N1CCN(c2ncccn2)CC1. The van der Waals surface area contributed by atoms with Gasteiger partial charge in [0.2, 0.25) is 11.9 Å². The van der Waals surface area contributed by atoms with Gasteiger partial charge in [-0.2, -0.15) is 0 Å². The molecule has 4 heterocycles. The van der Waals surface area contributed by atoms with Crippen LogP contribution in [0.2, 0.25) is 0 Å². The molecule has 2 aromatic rings. The highest BCUT2D eigenvalue weighted by atomic mass is 16.2. The van der Waals surface area contributed by atoms with Gasteiger partial charge in [-0.3, -0.25) is 4.79 Å². The molecule has 4 rings (SSSR count). The van der Waals surface area contributed by atoms with E-state index in [0.29, 0.717) is 24.6 Å². The number of carbonyl (C=O) groups excluding carboxylic acids is 1. The molecule has 2 fully saturated rings. The molecule has 0 atom stereocenters. The lowest BCUT2D eigenvalue weighted by molar-refractivity contribution is 0.0745. The maximum Gasteiger partial charge on any atom is 0.257 e. The normalized spacial score (nSPS) is 17.8. The van der Waals surface area contributed by atoms with E-state index in [-0.39, 0.29) is 5.91 Å². The van der Waals surface area contributed by atoms with Gasteiger partial charge in [0.05, 0.1) is 5.56 Å². The Hall–Kier alpha value is -2.77. The minimum absolute atomic E-state index is 0.0124. The summed E-state index contributed by atoms with van der Waals surface area (Å²) in [5.74, 6) is 1.43. The summed E-state index contributed by atoms with van der Waals surface area (Å²) >= 11 is 0. The van der Waals surface area contributed by atoms with E-state index in [1.807, 2.05) is 4.90 Å². The summed E-state index contributed by atoms with van der Waals surface area (Å²) in [6.07, 6.45) is 9.13. The Kier molecular flexibility index (Phi) is 4.41. The molecule has 0 spiro atoms. The molecule has 8 heteroatoms. The molecule has 1 amide bonds. The number of aromatic nitrogens is 4. The smallest absolute Gasteiger partial charge is 0.257 e. The molecule has 0 aromatic carbocycles. The van der Waals surface area contributed by atoms with Crippen LogP contribution in [0.25, 0.3) is 0 Å². The highest BCUT2D eigenvalue weighted by Gasteiger charge is 2.24. The van der Waals surface area contributed by atoms with Crippen LogP contribution in [0.5, 0.6) is 0 Å². The largest absolute Gasteiger partial charge is 0.341 e. The Morgan fingerprint density at radius 3 is 1.96 bits per heavy atom. The van der Waals surface area contributed by atoms with E-state index in [1.165, 1.54) is 12.8 Å². The van der Waals surface area contributed by atoms with Gasteiger partial charge in [-0.05, 0) is 18.9 Å². The molecular weight excluding hydrogens is 318 g/mol. The summed E-state index contributed by atoms with van der Waals surface area (Å²) in [7, 11) is 0. The highest BCUT2D eigenvalue weighted by molar-refractivity contribution is 5.93. The summed E-state index contributed by atoms with van der Waals surface area (Å²) in [6, 6.07) is 1.80. The summed E-state index contributed by atoms with van der Waals surface area (Å²) in [5.41, 5.74) is 0.548. The first-order chi connectivity index (χ1) is 12.3. The number of rotatable bonds is 3. The number of amides is 1. The van der Waals surface area contributed by atoms with Crippen molar-refractivity contribution in [2.24, 2.45) is 0 Å². The monoisotopic (exact) mass is 339 g/mol. The molecule has 2 aromatic heterocycles. The molecule has 0 saturated carbocycles. The van der Waals surface area contributed by atoms with E-state index < -0.39 is 0 Å². The van der Waals surface area contributed by atoms with E-state index in [2.05, 4.69) is 29.7 Å². The van der Waals surface area contributed by atoms with Crippen LogP contribution in [0.15, 0.2) is 30.9 Å². The minimum Gasteiger partial charge on any atom is -0.341 e. The van der Waals surface area contributed by atoms with E-state index in [1.54, 1.807) is 30.9 Å². The minimum atomic E-state index is -0.0124. The standard InChI is InChI=1S/C17H21N7O/c25-15(14-12-20-17(21-13-14)23-6-1-2-7-23)22-8-10-24(11-9-22)16-18-4-3-5-19-16/h3-5,12-13H,1-2,6-11H2. The van der Waals surface area contributed by atoms with Crippen molar-refractivity contribution in [2.45, 2.75) is 12.8 Å². The number of carbonyl (C=O) groups is 1. The first kappa shape index (κ1) is 15.7. The topological polar surface area (TPSA) is 78.4 Å². The van der Waals surface area contributed by atoms with Crippen molar-refractivity contribution in [1.29, 1.82) is 0 Å². The fourth-order valence-corrected chi connectivity index (χ4v) is 3.26. The van der Waals surface area contributed by atoms with Crippen LogP contribution >= 0.6 is 0 Å². The quantitative estimate of drug-likeness (QED) is 0.819. The number of anilines is 2. The Bertz CT molecular complexity index is 708. The predicted molar refractivity (Wildman–Crippen MR) is 93.6 cm³/mol. The van der Waals surface area contributed by atoms with E-state index in [0.717, 1.165) is 32.1 Å². The van der Waals surface area contributed by atoms with Crippen molar-refractivity contribution in [3.8, 4) is 0 Å². The second-order valence-corrected chi connectivity index (χ2v) is 6.29. The number of hydrogen-bond acceptors (Lipinski definition) is 7. The molecule has 0 N–H and O–H groups in total. The van der Waals surface area contributed by atoms with Crippen LogP contribution in [0, 0.1) is 0 Å². The Labute approximate surface area is 146 Å². The predicted octanol–water partition coefficient (Wildman–Crippen LogP) is 0.829. The Balaban J connectivity index is 1.37. The van der Waals surface area contributed by atoms with Gasteiger partial charge in [-0.1, -0.05) is 0 Å². The van der Waals surface area contributed by atoms with Crippen LogP contribution in [0.3, 0.4) is 0 Å². The van der Waals surface area contributed by atoms with Crippen LogP contribution < -0.4 is 9.80 Å². The zero-order valence-electron chi connectivity index (χ0n) is 14.1. The summed E-state index contributed by atoms with van der Waals surface area (Å²) in [4.78, 5) is 36.0. The zero-order valence-corrected chi connectivity index (χ0v) is 14.1. The van der Waals surface area contributed by atoms with Gasteiger partial charge >= 0.3 is 0 Å². The van der Waals surface area contributed by atoms with Crippen molar-refractivity contribution in [3.05, 3.63) is 36.4 Å². The number of hydrogen-bond donors (Lipinski definition) is 0. The molecule has 0 unspecified atom stereocenters. The van der Waals surface area contributed by atoms with Gasteiger partial charge in [-0.25, -0.2) is 19.9 Å². The van der Waals surface area contributed by atoms with E-state index in [9.17, 15) is 4.79 Å². The lowest BCUT2D eigenvalue weighted by Gasteiger charge is -2.34. The van der Waals surface area contributed by atoms with Gasteiger partial charge in [0.1, 0.15) is 0 Å². The fourth-order valence-electron chi connectivity index (χ4n) is 3.26. The van der Waals surface area contributed by atoms with Crippen LogP contribution in [-0.4, -0.2) is 70.0 Å². The molecule has 2 aliphatic heterocycles. The van der Waals surface area contributed by atoms with Crippen LogP contribution in [0.1, 0.15) is 23.2 Å². The average Bonchev–Trinajstić information content (AvgIpc) is 3.23. The van der Waals surface area contributed by atoms with Crippen molar-refractivity contribution >= 4 is 17.8 Å². The molecule has 0 bridgehead atoms. The second kappa shape index (κ2) is 7.00. The first-order valence-electron chi connectivity index (χ1n) is 8.69. The highest BCUT2D eigenvalue weighted by Crippen LogP contribution is 2.16. The molecule has 130 valence electrons. The molecule has 0 radical (unpaired) electrons. The fraction of sp³-hybridized carbons (Fsp3) is 0.471. The number of nitrogens with zero attached hydrogens (tertiary/aromatic N) is 7. The lowest BCUT2D eigenvalue weighted by atomic mass is 10.2. The van der Waals surface area contributed by atoms with Crippen molar-refractivity contribution in [1.82, 2.24) is 24.8 Å².